The van der Waals surface area contributed by atoms with Crippen LogP contribution in [0.25, 0.3) is 6.08 Å². The van der Waals surface area contributed by atoms with Crippen molar-refractivity contribution < 1.29 is 29.3 Å². The second-order valence-electron chi connectivity index (χ2n) is 4.83. The van der Waals surface area contributed by atoms with E-state index in [1.165, 1.54) is 30.3 Å². The zero-order valence-electron chi connectivity index (χ0n) is 12.5. The Morgan fingerprint density at radius 1 is 0.846 bits per heavy atom. The molecule has 6 nitrogen and oxygen atoms in total. The molecule has 0 spiro atoms. The van der Waals surface area contributed by atoms with Gasteiger partial charge in [0, 0.05) is 5.56 Å². The molecular formula is C18H16Na2O6. The second kappa shape index (κ2) is 12.1. The van der Waals surface area contributed by atoms with Gasteiger partial charge in [0.25, 0.3) is 0 Å². The van der Waals surface area contributed by atoms with Crippen LogP contribution in [-0.4, -0.2) is 93.7 Å². The van der Waals surface area contributed by atoms with Crippen molar-refractivity contribution in [3.8, 4) is 5.75 Å². The molecule has 126 valence electrons. The number of aliphatic carboxylic acids is 1. The van der Waals surface area contributed by atoms with Gasteiger partial charge >= 0.3 is 71.1 Å². The van der Waals surface area contributed by atoms with Gasteiger partial charge in [-0.2, -0.15) is 0 Å². The van der Waals surface area contributed by atoms with Crippen molar-refractivity contribution in [3.63, 3.8) is 0 Å². The fraction of sp³-hybridized carbons (Fsp3) is 0.0556. The Hall–Kier alpha value is -1.41. The Labute approximate surface area is 194 Å². The molecule has 2 aromatic rings. The topological polar surface area (TPSA) is 101 Å². The number of allylic oxidation sites excluding steroid dienone is 1. The van der Waals surface area contributed by atoms with Gasteiger partial charge in [-0.05, 0) is 35.9 Å². The number of aromatic carboxylic acids is 1. The van der Waals surface area contributed by atoms with E-state index in [9.17, 15) is 14.4 Å². The first-order valence-corrected chi connectivity index (χ1v) is 6.96. The van der Waals surface area contributed by atoms with Gasteiger partial charge in [-0.3, -0.25) is 4.79 Å². The Kier molecular flexibility index (Phi) is 11.4. The van der Waals surface area contributed by atoms with Gasteiger partial charge in [0.15, 0.2) is 12.4 Å². The minimum absolute atomic E-state index is 0. The van der Waals surface area contributed by atoms with Gasteiger partial charge < -0.3 is 14.9 Å². The van der Waals surface area contributed by atoms with Gasteiger partial charge in [-0.15, -0.1) is 0 Å². The molecular weight excluding hydrogens is 358 g/mol. The summed E-state index contributed by atoms with van der Waals surface area (Å²) in [5.74, 6) is -1.93. The van der Waals surface area contributed by atoms with Crippen molar-refractivity contribution in [2.75, 3.05) is 6.61 Å². The van der Waals surface area contributed by atoms with E-state index in [1.54, 1.807) is 30.3 Å². The van der Waals surface area contributed by atoms with E-state index in [0.29, 0.717) is 11.3 Å². The van der Waals surface area contributed by atoms with Crippen LogP contribution < -0.4 is 4.74 Å². The first kappa shape index (κ1) is 24.6. The predicted octanol–water partition coefficient (Wildman–Crippen LogP) is 1.45. The van der Waals surface area contributed by atoms with Crippen LogP contribution in [0.1, 0.15) is 26.3 Å². The number of carboxylic acids is 2. The monoisotopic (exact) mass is 374 g/mol. The Morgan fingerprint density at radius 3 is 1.88 bits per heavy atom. The number of carbonyl (C=O) groups is 3. The number of hydrogen-bond donors (Lipinski definition) is 2. The third-order valence-electron chi connectivity index (χ3n) is 3.09. The molecule has 0 bridgehead atoms. The number of rotatable bonds is 7. The molecule has 8 heteroatoms. The molecule has 0 aliphatic carbocycles. The molecule has 2 N–H and O–H groups in total. The standard InChI is InChI=1S/C18H14O6.2Na.2H/c19-16(13-4-6-14(7-5-13)18(22)23)10-3-12-1-8-15(9-2-12)24-11-17(20)21;;;;/h1-10H,11H2,(H,20,21)(H,22,23);;;;. The molecule has 0 aromatic heterocycles. The van der Waals surface area contributed by atoms with Crippen molar-refractivity contribution in [2.45, 2.75) is 0 Å². The number of ketones is 1. The molecule has 0 heterocycles. The Morgan fingerprint density at radius 2 is 1.38 bits per heavy atom. The third kappa shape index (κ3) is 7.86. The number of hydrogen-bond acceptors (Lipinski definition) is 4. The number of carbonyl (C=O) groups excluding carboxylic acids is 1. The summed E-state index contributed by atoms with van der Waals surface area (Å²) in [5, 5.41) is 17.3. The molecule has 0 aliphatic heterocycles. The molecule has 0 amide bonds. The van der Waals surface area contributed by atoms with Crippen LogP contribution in [0.5, 0.6) is 5.75 Å². The van der Waals surface area contributed by atoms with E-state index in [4.69, 9.17) is 14.9 Å². The summed E-state index contributed by atoms with van der Waals surface area (Å²) in [6.45, 7) is -0.417. The van der Waals surface area contributed by atoms with Crippen LogP contribution >= 0.6 is 0 Å². The minimum atomic E-state index is -1.06. The summed E-state index contributed by atoms with van der Waals surface area (Å²) in [7, 11) is 0. The molecule has 0 aliphatic rings. The van der Waals surface area contributed by atoms with Crippen molar-refractivity contribution >= 4 is 82.9 Å². The fourth-order valence-electron chi connectivity index (χ4n) is 1.87. The summed E-state index contributed by atoms with van der Waals surface area (Å²) >= 11 is 0. The van der Waals surface area contributed by atoms with Gasteiger partial charge in [-0.25, -0.2) is 9.59 Å². The molecule has 0 fully saturated rings. The number of carboxylic acid groups (broad SMARTS) is 2. The summed E-state index contributed by atoms with van der Waals surface area (Å²) in [6.07, 6.45) is 2.98. The average molecular weight is 374 g/mol. The van der Waals surface area contributed by atoms with Gasteiger partial charge in [-0.1, -0.05) is 30.3 Å². The number of benzene rings is 2. The summed E-state index contributed by atoms with van der Waals surface area (Å²) in [6, 6.07) is 12.3. The van der Waals surface area contributed by atoms with E-state index in [1.807, 2.05) is 0 Å². The normalized spacial score (nSPS) is 9.69. The molecule has 0 saturated carbocycles. The van der Waals surface area contributed by atoms with Gasteiger partial charge in [0.1, 0.15) is 5.75 Å². The first-order valence-electron chi connectivity index (χ1n) is 6.96. The van der Waals surface area contributed by atoms with Crippen LogP contribution in [0.3, 0.4) is 0 Å². The molecule has 0 radical (unpaired) electrons. The van der Waals surface area contributed by atoms with Gasteiger partial charge in [0.2, 0.25) is 0 Å². The molecule has 0 atom stereocenters. The fourth-order valence-corrected chi connectivity index (χ4v) is 1.87. The van der Waals surface area contributed by atoms with E-state index in [2.05, 4.69) is 0 Å². The van der Waals surface area contributed by atoms with Crippen LogP contribution in [0.15, 0.2) is 54.6 Å². The van der Waals surface area contributed by atoms with E-state index in [0.717, 1.165) is 5.56 Å². The molecule has 2 aromatic carbocycles. The quantitative estimate of drug-likeness (QED) is 0.432. The SMILES string of the molecule is O=C(O)COc1ccc(C=CC(=O)c2ccc(C(=O)O)cc2)cc1.[NaH].[NaH]. The van der Waals surface area contributed by atoms with Crippen LogP contribution in [0, 0.1) is 0 Å². The third-order valence-corrected chi connectivity index (χ3v) is 3.09. The molecule has 0 saturated heterocycles. The zero-order chi connectivity index (χ0) is 17.5. The Balaban J connectivity index is 0.00000312. The van der Waals surface area contributed by atoms with Crippen LogP contribution in [-0.2, 0) is 4.79 Å². The van der Waals surface area contributed by atoms with Crippen molar-refractivity contribution in [2.24, 2.45) is 0 Å². The maximum atomic E-state index is 12.0. The van der Waals surface area contributed by atoms with E-state index >= 15 is 0 Å². The van der Waals surface area contributed by atoms with Crippen LogP contribution in [0.2, 0.25) is 0 Å². The van der Waals surface area contributed by atoms with Gasteiger partial charge in [0.05, 0.1) is 5.56 Å². The predicted molar refractivity (Wildman–Crippen MR) is 101 cm³/mol. The summed E-state index contributed by atoms with van der Waals surface area (Å²) in [5.41, 5.74) is 1.25. The van der Waals surface area contributed by atoms with Crippen molar-refractivity contribution in [1.29, 1.82) is 0 Å². The average Bonchev–Trinajstić information content (AvgIpc) is 2.58. The first-order chi connectivity index (χ1) is 11.5. The summed E-state index contributed by atoms with van der Waals surface area (Å²) < 4.78 is 5.01. The molecule has 26 heavy (non-hydrogen) atoms. The molecule has 2 rings (SSSR count). The van der Waals surface area contributed by atoms with Crippen LogP contribution in [0.4, 0.5) is 0 Å². The van der Waals surface area contributed by atoms with E-state index in [-0.39, 0.29) is 70.5 Å². The summed E-state index contributed by atoms with van der Waals surface area (Å²) in [4.78, 5) is 33.2. The van der Waals surface area contributed by atoms with E-state index < -0.39 is 18.5 Å². The number of ether oxygens (including phenoxy) is 1. The second-order valence-corrected chi connectivity index (χ2v) is 4.83. The zero-order valence-corrected chi connectivity index (χ0v) is 12.5. The Bertz CT molecular complexity index is 782. The van der Waals surface area contributed by atoms with Crippen molar-refractivity contribution in [1.82, 2.24) is 0 Å². The van der Waals surface area contributed by atoms with Crippen molar-refractivity contribution in [3.05, 3.63) is 71.3 Å². The maximum absolute atomic E-state index is 12.0. The molecule has 0 unspecified atom stereocenters.